The number of anilines is 2. The lowest BCUT2D eigenvalue weighted by molar-refractivity contribution is -0.136. The maximum atomic E-state index is 13.2. The number of amides is 6. The van der Waals surface area contributed by atoms with E-state index >= 15 is 0 Å². The molecule has 1 aromatic heterocycles. The fraction of sp³-hybridized carbons (Fsp3) is 0.442. The van der Waals surface area contributed by atoms with Gasteiger partial charge in [0.2, 0.25) is 27.7 Å². The molecule has 4 heterocycles. The van der Waals surface area contributed by atoms with Crippen molar-refractivity contribution in [3.63, 3.8) is 0 Å². The van der Waals surface area contributed by atoms with Gasteiger partial charge in [0.15, 0.2) is 0 Å². The second kappa shape index (κ2) is 25.5. The van der Waals surface area contributed by atoms with Gasteiger partial charge in [-0.2, -0.15) is 0 Å². The average Bonchev–Trinajstić information content (AvgIpc) is 4.21. The predicted octanol–water partition coefficient (Wildman–Crippen LogP) is 2.93. The zero-order valence-electron chi connectivity index (χ0n) is 41.1. The number of nitrogens with zero attached hydrogens (tertiary/aromatic N) is 3. The van der Waals surface area contributed by atoms with Gasteiger partial charge in [-0.3, -0.25) is 39.0 Å². The Kier molecular flexibility index (Phi) is 18.5. The van der Waals surface area contributed by atoms with Crippen molar-refractivity contribution >= 4 is 57.0 Å². The number of pyridine rings is 1. The molecule has 3 aromatic carbocycles. The number of hydrogen-bond donors (Lipinski definition) is 5. The van der Waals surface area contributed by atoms with E-state index in [1.807, 2.05) is 29.2 Å². The molecule has 4 aliphatic rings. The zero-order valence-corrected chi connectivity index (χ0v) is 41.9. The van der Waals surface area contributed by atoms with Gasteiger partial charge in [-0.1, -0.05) is 30.3 Å². The summed E-state index contributed by atoms with van der Waals surface area (Å²) >= 11 is 0. The summed E-state index contributed by atoms with van der Waals surface area (Å²) in [6, 6.07) is 18.4. The van der Waals surface area contributed by atoms with Crippen molar-refractivity contribution in [2.45, 2.75) is 61.9 Å². The SMILES string of the molecule is Nc1ncc(-c2ccc(S(=O)(=O)NCCCNC(=O)CCOCCOCCOCCOCCOCCNc3cccc4c3C(=O)N(C3CCC(=O)NC3=O)C4=O)cc2)cc1-c1ccc2c(c1)CCN(C1CC1)C2=O. The third kappa shape index (κ3) is 13.7. The van der Waals surface area contributed by atoms with Crippen LogP contribution < -0.4 is 26.4 Å². The van der Waals surface area contributed by atoms with E-state index in [0.717, 1.165) is 57.5 Å². The number of nitrogens with one attached hydrogen (secondary N) is 4. The maximum absolute atomic E-state index is 13.2. The molecule has 1 saturated heterocycles. The van der Waals surface area contributed by atoms with Crippen LogP contribution in [0.3, 0.4) is 0 Å². The Morgan fingerprint density at radius 1 is 0.689 bits per heavy atom. The minimum absolute atomic E-state index is 0.0482. The van der Waals surface area contributed by atoms with Crippen LogP contribution in [0.25, 0.3) is 22.3 Å². The van der Waals surface area contributed by atoms with E-state index < -0.39 is 39.7 Å². The van der Waals surface area contributed by atoms with E-state index in [2.05, 4.69) is 25.7 Å². The quantitative estimate of drug-likeness (QED) is 0.0386. The highest BCUT2D eigenvalue weighted by molar-refractivity contribution is 7.89. The molecular formula is C52H62N8O13S. The summed E-state index contributed by atoms with van der Waals surface area (Å²) < 4.78 is 56.3. The number of aromatic nitrogens is 1. The lowest BCUT2D eigenvalue weighted by Gasteiger charge is -2.29. The molecule has 0 bridgehead atoms. The molecule has 6 N–H and O–H groups in total. The van der Waals surface area contributed by atoms with Crippen LogP contribution >= 0.6 is 0 Å². The molecule has 394 valence electrons. The highest BCUT2D eigenvalue weighted by Gasteiger charge is 2.45. The van der Waals surface area contributed by atoms with Crippen molar-refractivity contribution in [3.05, 3.63) is 95.2 Å². The number of benzene rings is 3. The summed E-state index contributed by atoms with van der Waals surface area (Å²) in [5.74, 6) is -2.00. The van der Waals surface area contributed by atoms with Crippen molar-refractivity contribution < 1.29 is 60.9 Å². The first kappa shape index (κ1) is 53.6. The van der Waals surface area contributed by atoms with Gasteiger partial charge in [-0.05, 0) is 85.2 Å². The average molecular weight is 1040 g/mol. The van der Waals surface area contributed by atoms with Gasteiger partial charge in [-0.25, -0.2) is 18.1 Å². The van der Waals surface area contributed by atoms with Gasteiger partial charge in [0.25, 0.3) is 17.7 Å². The molecule has 6 amide bonds. The van der Waals surface area contributed by atoms with Gasteiger partial charge in [0.1, 0.15) is 11.9 Å². The Hall–Kier alpha value is -6.66. The minimum atomic E-state index is -3.79. The Labute approximate surface area is 429 Å². The highest BCUT2D eigenvalue weighted by atomic mass is 32.2. The standard InChI is InChI=1S/C52H62N8O13S/c53-48-42(35-7-12-40-36(31-35)15-20-59(50(40)64)38-8-9-38)32-37(33-56-48)34-5-10-39(11-6-34)74(67,68)57-18-2-17-55-45(61)16-21-69-23-25-71-27-29-73-30-28-72-26-24-70-22-19-54-43-4-1-3-41-47(43)52(66)60(51(41)65)44-13-14-46(62)58-49(44)63/h1,3-7,10-12,31-33,38,44,54,57H,2,8-9,13-30H2,(H2,53,56)(H,55,61)(H,58,62,63). The Morgan fingerprint density at radius 2 is 1.36 bits per heavy atom. The summed E-state index contributed by atoms with van der Waals surface area (Å²) in [6.07, 6.45) is 5.25. The van der Waals surface area contributed by atoms with Crippen molar-refractivity contribution in [2.75, 3.05) is 103 Å². The van der Waals surface area contributed by atoms with E-state index in [9.17, 15) is 37.2 Å². The number of sulfonamides is 1. The Balaban J connectivity index is 0.603. The number of carbonyl (C=O) groups is 6. The number of ether oxygens (including phenoxy) is 5. The van der Waals surface area contributed by atoms with E-state index in [0.29, 0.717) is 96.5 Å². The molecule has 21 nitrogen and oxygen atoms in total. The van der Waals surface area contributed by atoms with Crippen molar-refractivity contribution in [1.29, 1.82) is 0 Å². The molecule has 0 spiro atoms. The molecular weight excluding hydrogens is 977 g/mol. The van der Waals surface area contributed by atoms with Crippen molar-refractivity contribution in [2.24, 2.45) is 0 Å². The number of rotatable bonds is 29. The number of nitrogen functional groups attached to an aromatic ring is 1. The van der Waals surface area contributed by atoms with Crippen LogP contribution in [0, 0.1) is 0 Å². The molecule has 74 heavy (non-hydrogen) atoms. The highest BCUT2D eigenvalue weighted by Crippen LogP contribution is 2.36. The summed E-state index contributed by atoms with van der Waals surface area (Å²) in [4.78, 5) is 82.9. The molecule has 2 fully saturated rings. The maximum Gasteiger partial charge on any atom is 0.264 e. The number of carbonyl (C=O) groups excluding carboxylic acids is 6. The normalized spacial score (nSPS) is 16.6. The molecule has 1 unspecified atom stereocenters. The predicted molar refractivity (Wildman–Crippen MR) is 270 cm³/mol. The monoisotopic (exact) mass is 1040 g/mol. The first-order valence-corrected chi connectivity index (χ1v) is 26.4. The molecule has 0 radical (unpaired) electrons. The zero-order chi connectivity index (χ0) is 52.0. The third-order valence-corrected chi connectivity index (χ3v) is 14.4. The number of fused-ring (bicyclic) bond motifs is 2. The lowest BCUT2D eigenvalue weighted by Crippen LogP contribution is -2.54. The molecule has 1 saturated carbocycles. The molecule has 8 rings (SSSR count). The molecule has 1 atom stereocenters. The number of hydrogen-bond acceptors (Lipinski definition) is 16. The second-order valence-corrected chi connectivity index (χ2v) is 19.8. The van der Waals surface area contributed by atoms with Gasteiger partial charge >= 0.3 is 0 Å². The van der Waals surface area contributed by atoms with Crippen LogP contribution in [0.4, 0.5) is 11.5 Å². The second-order valence-electron chi connectivity index (χ2n) is 18.0. The van der Waals surface area contributed by atoms with E-state index in [4.69, 9.17) is 29.4 Å². The molecule has 1 aliphatic carbocycles. The molecule has 4 aromatic rings. The Morgan fingerprint density at radius 3 is 2.05 bits per heavy atom. The lowest BCUT2D eigenvalue weighted by atomic mass is 9.93. The van der Waals surface area contributed by atoms with Crippen LogP contribution in [0.5, 0.6) is 0 Å². The summed E-state index contributed by atoms with van der Waals surface area (Å²) in [6.45, 7) is 4.78. The van der Waals surface area contributed by atoms with Crippen LogP contribution in [-0.2, 0) is 54.5 Å². The van der Waals surface area contributed by atoms with Crippen LogP contribution in [-0.4, -0.2) is 163 Å². The number of piperidine rings is 1. The first-order valence-electron chi connectivity index (χ1n) is 24.9. The molecule has 3 aliphatic heterocycles. The van der Waals surface area contributed by atoms with Crippen LogP contribution in [0.15, 0.2) is 77.8 Å². The Bertz CT molecular complexity index is 2810. The van der Waals surface area contributed by atoms with Crippen molar-refractivity contribution in [3.8, 4) is 22.3 Å². The van der Waals surface area contributed by atoms with E-state index in [1.54, 1.807) is 30.5 Å². The minimum Gasteiger partial charge on any atom is -0.383 e. The van der Waals surface area contributed by atoms with Gasteiger partial charge in [0.05, 0.1) is 82.1 Å². The van der Waals surface area contributed by atoms with E-state index in [1.165, 1.54) is 18.2 Å². The van der Waals surface area contributed by atoms with Gasteiger partial charge in [-0.15, -0.1) is 0 Å². The first-order chi connectivity index (χ1) is 35.9. The van der Waals surface area contributed by atoms with Gasteiger partial charge < -0.3 is 45.0 Å². The fourth-order valence-electron chi connectivity index (χ4n) is 8.86. The third-order valence-electron chi connectivity index (χ3n) is 12.9. The summed E-state index contributed by atoms with van der Waals surface area (Å²) in [7, 11) is -3.79. The number of nitrogens with two attached hydrogens (primary N) is 1. The van der Waals surface area contributed by atoms with Crippen LogP contribution in [0.1, 0.15) is 75.2 Å². The summed E-state index contributed by atoms with van der Waals surface area (Å²) in [5, 5.41) is 8.09. The largest absolute Gasteiger partial charge is 0.383 e. The fourth-order valence-corrected chi connectivity index (χ4v) is 9.93. The molecule has 22 heteroatoms. The smallest absolute Gasteiger partial charge is 0.264 e. The van der Waals surface area contributed by atoms with Gasteiger partial charge in [0, 0.05) is 73.6 Å². The van der Waals surface area contributed by atoms with Crippen LogP contribution in [0.2, 0.25) is 0 Å². The topological polar surface area (TPSA) is 276 Å². The summed E-state index contributed by atoms with van der Waals surface area (Å²) in [5.41, 5.74) is 12.0. The van der Waals surface area contributed by atoms with E-state index in [-0.39, 0.29) is 66.8 Å². The van der Waals surface area contributed by atoms with Crippen molar-refractivity contribution in [1.82, 2.24) is 30.1 Å². The number of imide groups is 2.